The molecule has 100 valence electrons. The molecule has 0 fully saturated rings. The number of rotatable bonds is 3. The number of nitrogens with zero attached hydrogens (tertiary/aromatic N) is 3. The molecule has 2 rings (SSSR count). The summed E-state index contributed by atoms with van der Waals surface area (Å²) in [4.78, 5) is 8.84. The molecular formula is C15H20N4. The number of aromatic nitrogens is 3. The number of allylic oxidation sites excluding steroid dienone is 1. The van der Waals surface area contributed by atoms with Gasteiger partial charge in [-0.1, -0.05) is 26.8 Å². The largest absolute Gasteiger partial charge is 0.383 e. The predicted molar refractivity (Wildman–Crippen MR) is 78.8 cm³/mol. The van der Waals surface area contributed by atoms with Crippen LogP contribution in [-0.2, 0) is 12.0 Å². The molecule has 0 aliphatic rings. The molecule has 0 spiro atoms. The third kappa shape index (κ3) is 2.52. The third-order valence-electron chi connectivity index (χ3n) is 2.92. The second-order valence-corrected chi connectivity index (χ2v) is 5.56. The van der Waals surface area contributed by atoms with Crippen molar-refractivity contribution < 1.29 is 0 Å². The van der Waals surface area contributed by atoms with Crippen LogP contribution in [0.25, 0.3) is 11.3 Å². The zero-order valence-electron chi connectivity index (χ0n) is 11.7. The number of hydrogen-bond acceptors (Lipinski definition) is 3. The molecule has 2 aromatic heterocycles. The van der Waals surface area contributed by atoms with E-state index < -0.39 is 0 Å². The second kappa shape index (κ2) is 4.88. The van der Waals surface area contributed by atoms with Crippen LogP contribution in [0, 0.1) is 0 Å². The number of hydrogen-bond donors (Lipinski definition) is 1. The second-order valence-electron chi connectivity index (χ2n) is 5.56. The zero-order chi connectivity index (χ0) is 14.0. The molecule has 2 heterocycles. The number of pyridine rings is 1. The molecule has 0 radical (unpaired) electrons. The van der Waals surface area contributed by atoms with Crippen LogP contribution in [0.15, 0.2) is 37.2 Å². The Bertz CT molecular complexity index is 576. The summed E-state index contributed by atoms with van der Waals surface area (Å²) in [5.41, 5.74) is 7.90. The van der Waals surface area contributed by atoms with Gasteiger partial charge in [-0.2, -0.15) is 0 Å². The lowest BCUT2D eigenvalue weighted by molar-refractivity contribution is 0.515. The van der Waals surface area contributed by atoms with Gasteiger partial charge in [-0.3, -0.25) is 4.98 Å². The van der Waals surface area contributed by atoms with Gasteiger partial charge in [0, 0.05) is 29.9 Å². The van der Waals surface area contributed by atoms with Crippen LogP contribution in [0.3, 0.4) is 0 Å². The maximum atomic E-state index is 6.24. The maximum absolute atomic E-state index is 6.24. The molecule has 4 heteroatoms. The van der Waals surface area contributed by atoms with Crippen LogP contribution < -0.4 is 5.73 Å². The minimum absolute atomic E-state index is 0.0718. The van der Waals surface area contributed by atoms with Gasteiger partial charge in [0.05, 0.1) is 0 Å². The molecule has 0 aliphatic heterocycles. The molecule has 0 atom stereocenters. The van der Waals surface area contributed by atoms with Crippen LogP contribution in [-0.4, -0.2) is 14.5 Å². The van der Waals surface area contributed by atoms with Crippen molar-refractivity contribution in [3.63, 3.8) is 0 Å². The summed E-state index contributed by atoms with van der Waals surface area (Å²) in [6, 6.07) is 3.86. The Labute approximate surface area is 114 Å². The highest BCUT2D eigenvalue weighted by atomic mass is 15.1. The van der Waals surface area contributed by atoms with Gasteiger partial charge in [-0.25, -0.2) is 4.98 Å². The van der Waals surface area contributed by atoms with E-state index in [1.54, 1.807) is 12.4 Å². The number of nitrogen functional groups attached to an aromatic ring is 1. The van der Waals surface area contributed by atoms with Crippen molar-refractivity contribution in [2.24, 2.45) is 0 Å². The molecule has 19 heavy (non-hydrogen) atoms. The quantitative estimate of drug-likeness (QED) is 0.859. The SMILES string of the molecule is C=CCn1c(C(C)(C)C)nc(-c2cccnc2)c1N. The summed E-state index contributed by atoms with van der Waals surface area (Å²) >= 11 is 0. The van der Waals surface area contributed by atoms with Crippen molar-refractivity contribution in [2.45, 2.75) is 32.7 Å². The van der Waals surface area contributed by atoms with Crippen molar-refractivity contribution in [1.82, 2.24) is 14.5 Å². The van der Waals surface area contributed by atoms with Gasteiger partial charge in [0.2, 0.25) is 0 Å². The molecule has 4 nitrogen and oxygen atoms in total. The molecule has 0 unspecified atom stereocenters. The van der Waals surface area contributed by atoms with E-state index >= 15 is 0 Å². The summed E-state index contributed by atoms with van der Waals surface area (Å²) < 4.78 is 2.01. The fourth-order valence-electron chi connectivity index (χ4n) is 2.07. The van der Waals surface area contributed by atoms with Gasteiger partial charge in [0.25, 0.3) is 0 Å². The normalized spacial score (nSPS) is 11.5. The Morgan fingerprint density at radius 3 is 2.68 bits per heavy atom. The van der Waals surface area contributed by atoms with Crippen molar-refractivity contribution in [3.05, 3.63) is 43.0 Å². The van der Waals surface area contributed by atoms with Crippen molar-refractivity contribution in [1.29, 1.82) is 0 Å². The molecular weight excluding hydrogens is 236 g/mol. The lowest BCUT2D eigenvalue weighted by Crippen LogP contribution is -2.19. The van der Waals surface area contributed by atoms with Crippen molar-refractivity contribution in [2.75, 3.05) is 5.73 Å². The van der Waals surface area contributed by atoms with Crippen LogP contribution in [0.1, 0.15) is 26.6 Å². The molecule has 2 N–H and O–H groups in total. The third-order valence-corrected chi connectivity index (χ3v) is 2.92. The minimum Gasteiger partial charge on any atom is -0.383 e. The monoisotopic (exact) mass is 256 g/mol. The van der Waals surface area contributed by atoms with Gasteiger partial charge < -0.3 is 10.3 Å². The molecule has 2 aromatic rings. The molecule has 0 bridgehead atoms. The average Bonchev–Trinajstić information content (AvgIpc) is 2.69. The van der Waals surface area contributed by atoms with E-state index in [1.165, 1.54) is 0 Å². The van der Waals surface area contributed by atoms with Crippen molar-refractivity contribution in [3.8, 4) is 11.3 Å². The van der Waals surface area contributed by atoms with E-state index in [0.717, 1.165) is 17.1 Å². The summed E-state index contributed by atoms with van der Waals surface area (Å²) in [5.74, 6) is 1.63. The standard InChI is InChI=1S/C15H20N4/c1-5-9-19-13(16)12(11-7-6-8-17-10-11)18-14(19)15(2,3)4/h5-8,10H,1,9,16H2,2-4H3. The Morgan fingerprint density at radius 1 is 1.42 bits per heavy atom. The first kappa shape index (κ1) is 13.3. The lowest BCUT2D eigenvalue weighted by Gasteiger charge is -2.19. The van der Waals surface area contributed by atoms with Gasteiger partial charge in [-0.05, 0) is 12.1 Å². The Hall–Kier alpha value is -2.10. The van der Waals surface area contributed by atoms with Crippen LogP contribution in [0.4, 0.5) is 5.82 Å². The van der Waals surface area contributed by atoms with E-state index in [-0.39, 0.29) is 5.41 Å². The minimum atomic E-state index is -0.0718. The number of anilines is 1. The Morgan fingerprint density at radius 2 is 2.16 bits per heavy atom. The summed E-state index contributed by atoms with van der Waals surface area (Å²) in [6.07, 6.45) is 5.36. The Balaban J connectivity index is 2.62. The summed E-state index contributed by atoms with van der Waals surface area (Å²) in [5, 5.41) is 0. The highest BCUT2D eigenvalue weighted by Crippen LogP contribution is 2.31. The van der Waals surface area contributed by atoms with E-state index in [0.29, 0.717) is 12.4 Å². The van der Waals surface area contributed by atoms with E-state index in [1.807, 2.05) is 22.8 Å². The van der Waals surface area contributed by atoms with Gasteiger partial charge in [0.1, 0.15) is 17.3 Å². The van der Waals surface area contributed by atoms with Crippen LogP contribution in [0.2, 0.25) is 0 Å². The summed E-state index contributed by atoms with van der Waals surface area (Å²) in [7, 11) is 0. The lowest BCUT2D eigenvalue weighted by atomic mass is 9.95. The van der Waals surface area contributed by atoms with E-state index in [4.69, 9.17) is 10.7 Å². The van der Waals surface area contributed by atoms with Crippen LogP contribution in [0.5, 0.6) is 0 Å². The fourth-order valence-corrected chi connectivity index (χ4v) is 2.07. The first-order chi connectivity index (χ1) is 8.95. The van der Waals surface area contributed by atoms with Gasteiger partial charge in [-0.15, -0.1) is 6.58 Å². The number of imidazole rings is 1. The van der Waals surface area contributed by atoms with E-state index in [9.17, 15) is 0 Å². The Kier molecular flexibility index (Phi) is 3.42. The van der Waals surface area contributed by atoms with Crippen molar-refractivity contribution >= 4 is 5.82 Å². The average molecular weight is 256 g/mol. The topological polar surface area (TPSA) is 56.7 Å². The molecule has 0 aromatic carbocycles. The molecule has 0 saturated heterocycles. The highest BCUT2D eigenvalue weighted by Gasteiger charge is 2.24. The molecule has 0 aliphatic carbocycles. The van der Waals surface area contributed by atoms with Crippen LogP contribution >= 0.6 is 0 Å². The highest BCUT2D eigenvalue weighted by molar-refractivity contribution is 5.70. The van der Waals surface area contributed by atoms with Gasteiger partial charge >= 0.3 is 0 Å². The molecule has 0 saturated carbocycles. The summed E-state index contributed by atoms with van der Waals surface area (Å²) in [6.45, 7) is 10.8. The first-order valence-corrected chi connectivity index (χ1v) is 6.33. The fraction of sp³-hybridized carbons (Fsp3) is 0.333. The van der Waals surface area contributed by atoms with Gasteiger partial charge in [0.15, 0.2) is 0 Å². The first-order valence-electron chi connectivity index (χ1n) is 6.33. The molecule has 0 amide bonds. The maximum Gasteiger partial charge on any atom is 0.132 e. The zero-order valence-corrected chi connectivity index (χ0v) is 11.7. The van der Waals surface area contributed by atoms with E-state index in [2.05, 4.69) is 32.3 Å². The smallest absolute Gasteiger partial charge is 0.132 e. The number of nitrogens with two attached hydrogens (primary N) is 1. The predicted octanol–water partition coefficient (Wildman–Crippen LogP) is 3.01.